The summed E-state index contributed by atoms with van der Waals surface area (Å²) in [5.74, 6) is 0. The predicted molar refractivity (Wildman–Crippen MR) is 17.5 cm³/mol. The van der Waals surface area contributed by atoms with Crippen LogP contribution in [0.3, 0.4) is 0 Å². The number of hydrogen-bond donors (Lipinski definition) is 0. The first kappa shape index (κ1) is 70.9. The zero-order valence-corrected chi connectivity index (χ0v) is 6.06. The Kier molecular flexibility index (Phi) is 28800. The summed E-state index contributed by atoms with van der Waals surface area (Å²) < 4.78 is 7.50. The van der Waals surface area contributed by atoms with Crippen LogP contribution in [0.2, 0.25) is 0 Å². The van der Waals surface area contributed by atoms with Crippen molar-refractivity contribution in [3.63, 3.8) is 0 Å². The van der Waals surface area contributed by atoms with E-state index in [9.17, 15) is 0 Å². The Morgan fingerprint density at radius 3 is 0.889 bits per heavy atom. The molecule has 53 valence electrons. The van der Waals surface area contributed by atoms with Crippen LogP contribution in [0, 0.1) is 30.3 Å². The maximum absolute atomic E-state index is 7.50. The van der Waals surface area contributed by atoms with E-state index < -0.39 is 0 Å². The molecule has 0 heterocycles. The maximum Gasteiger partial charge on any atom is 3.00 e. The van der Waals surface area contributed by atoms with Crippen molar-refractivity contribution in [2.24, 2.45) is 0 Å². The molecule has 0 unspecified atom stereocenters. The molecule has 0 saturated carbocycles. The molecule has 0 aliphatic heterocycles. The Balaban J connectivity index is -0.00000000321. The average Bonchev–Trinajstić information content (AvgIpc) is 1.81. The average molecular weight is 213 g/mol. The number of hydrogen-bond acceptors (Lipinski definition) is 2. The number of nitrogens with zero attached hydrogens (tertiary/aromatic N) is 2. The second-order valence-corrected chi connectivity index (χ2v) is 0. The molecular formula is C3H2FeN2NiO2+. The minimum atomic E-state index is 0. The predicted octanol–water partition coefficient (Wildman–Crippen LogP) is -0.674. The minimum Gasteiger partial charge on any atom is 0 e. The van der Waals surface area contributed by atoms with Gasteiger partial charge in [-0.1, -0.05) is 0 Å². The molecule has 2 N–H and O–H groups in total. The van der Waals surface area contributed by atoms with E-state index in [0.29, 0.717) is 0 Å². The van der Waals surface area contributed by atoms with Gasteiger partial charge in [0.05, 0.1) is 0 Å². The SMILES string of the molecule is O.[C-]#N.[C-]#N.[C-]#[O+].[Fe+3].[Ni]. The van der Waals surface area contributed by atoms with E-state index in [2.05, 4.69) is 6.65 Å². The van der Waals surface area contributed by atoms with Crippen molar-refractivity contribution < 1.29 is 43.7 Å². The smallest absolute Gasteiger partial charge is 0 e. The standard InChI is InChI=1S/2CN.CO.Fe.Ni.H2O/c3*1-2;;;/h;;;;;1H2/q2*-1;;+3;;. The molecule has 0 aromatic rings. The summed E-state index contributed by atoms with van der Waals surface area (Å²) in [5, 5.41) is 12.5. The van der Waals surface area contributed by atoms with E-state index in [0.717, 1.165) is 0 Å². The zero-order chi connectivity index (χ0) is 6.00. The topological polar surface area (TPSA) is 99.0 Å². The largest absolute Gasteiger partial charge is 3.00 e. The van der Waals surface area contributed by atoms with E-state index in [4.69, 9.17) is 28.3 Å². The second-order valence-electron chi connectivity index (χ2n) is 0. The van der Waals surface area contributed by atoms with Crippen LogP contribution in [0.4, 0.5) is 0 Å². The summed E-state index contributed by atoms with van der Waals surface area (Å²) >= 11 is 0. The van der Waals surface area contributed by atoms with Gasteiger partial charge in [0.1, 0.15) is 0 Å². The Labute approximate surface area is 74.3 Å². The van der Waals surface area contributed by atoms with Crippen molar-refractivity contribution in [3.05, 3.63) is 19.8 Å². The molecule has 0 aromatic heterocycles. The first-order valence-corrected chi connectivity index (χ1v) is 0.651. The van der Waals surface area contributed by atoms with E-state index in [1.165, 1.54) is 0 Å². The molecule has 0 amide bonds. The fourth-order valence-electron chi connectivity index (χ4n) is 0. The first-order chi connectivity index (χ1) is 3.00. The number of rotatable bonds is 0. The van der Waals surface area contributed by atoms with Crippen LogP contribution in [-0.4, -0.2) is 5.48 Å². The summed E-state index contributed by atoms with van der Waals surface area (Å²) in [6, 6.07) is 0. The Morgan fingerprint density at radius 2 is 0.889 bits per heavy atom. The summed E-state index contributed by atoms with van der Waals surface area (Å²) in [5.41, 5.74) is 0. The molecule has 0 aliphatic rings. The summed E-state index contributed by atoms with van der Waals surface area (Å²) in [7, 11) is 0. The van der Waals surface area contributed by atoms with Crippen molar-refractivity contribution in [2.45, 2.75) is 0 Å². The van der Waals surface area contributed by atoms with Gasteiger partial charge in [0, 0.05) is 16.5 Å². The van der Waals surface area contributed by atoms with Gasteiger partial charge < -0.3 is 29.1 Å². The summed E-state index contributed by atoms with van der Waals surface area (Å²) in [4.78, 5) is 0. The monoisotopic (exact) mass is 212 g/mol. The van der Waals surface area contributed by atoms with Gasteiger partial charge in [-0.15, -0.1) is 0 Å². The van der Waals surface area contributed by atoms with Crippen molar-refractivity contribution in [1.82, 2.24) is 0 Å². The van der Waals surface area contributed by atoms with Crippen LogP contribution in [0.5, 0.6) is 0 Å². The maximum atomic E-state index is 7.50. The van der Waals surface area contributed by atoms with Gasteiger partial charge in [0.15, 0.2) is 0 Å². The third kappa shape index (κ3) is 2650. The first-order valence-electron chi connectivity index (χ1n) is 0.651. The minimum absolute atomic E-state index is 0. The molecular weight excluding hydrogens is 211 g/mol. The normalized spacial score (nSPS) is 0.667. The van der Waals surface area contributed by atoms with Gasteiger partial charge in [0.25, 0.3) is 0 Å². The fraction of sp³-hybridized carbons (Fsp3) is 0. The van der Waals surface area contributed by atoms with E-state index in [-0.39, 0.29) is 39.0 Å². The summed E-state index contributed by atoms with van der Waals surface area (Å²) in [6.07, 6.45) is 0. The van der Waals surface area contributed by atoms with E-state index in [1.54, 1.807) is 0 Å². The van der Waals surface area contributed by atoms with Gasteiger partial charge in [-0.25, -0.2) is 0 Å². The molecule has 0 bridgehead atoms. The second kappa shape index (κ2) is 3660. The molecule has 1 radical (unpaired) electrons. The van der Waals surface area contributed by atoms with Crippen LogP contribution < -0.4 is 0 Å². The van der Waals surface area contributed by atoms with Gasteiger partial charge in [-0.05, 0) is 0 Å². The van der Waals surface area contributed by atoms with Crippen LogP contribution in [-0.2, 0) is 38.2 Å². The molecule has 0 aliphatic carbocycles. The molecule has 0 rings (SSSR count). The molecule has 9 heavy (non-hydrogen) atoms. The molecule has 4 nitrogen and oxygen atoms in total. The third-order valence-electron chi connectivity index (χ3n) is 0. The van der Waals surface area contributed by atoms with Crippen LogP contribution >= 0.6 is 0 Å². The van der Waals surface area contributed by atoms with E-state index in [1.807, 2.05) is 0 Å². The summed E-state index contributed by atoms with van der Waals surface area (Å²) in [6.45, 7) is 14.0. The van der Waals surface area contributed by atoms with Crippen LogP contribution in [0.15, 0.2) is 0 Å². The Morgan fingerprint density at radius 1 is 0.889 bits per heavy atom. The van der Waals surface area contributed by atoms with Crippen molar-refractivity contribution in [2.75, 3.05) is 0 Å². The van der Waals surface area contributed by atoms with Crippen molar-refractivity contribution in [3.8, 4) is 0 Å². The molecule has 0 spiro atoms. The molecule has 6 heteroatoms. The van der Waals surface area contributed by atoms with Gasteiger partial charge in [0.2, 0.25) is 0 Å². The zero-order valence-electron chi connectivity index (χ0n) is 3.97. The fourth-order valence-corrected chi connectivity index (χ4v) is 0. The molecule has 0 aromatic carbocycles. The Hall–Kier alpha value is -0.307. The van der Waals surface area contributed by atoms with Crippen LogP contribution in [0.25, 0.3) is 0 Å². The van der Waals surface area contributed by atoms with Gasteiger partial charge in [-0.2, -0.15) is 0 Å². The molecule has 0 saturated heterocycles. The molecule has 0 fully saturated rings. The van der Waals surface area contributed by atoms with Gasteiger partial charge >= 0.3 is 28.4 Å². The quantitative estimate of drug-likeness (QED) is 0.302. The van der Waals surface area contributed by atoms with Crippen molar-refractivity contribution >= 4 is 0 Å². The van der Waals surface area contributed by atoms with Crippen molar-refractivity contribution in [1.29, 1.82) is 10.5 Å². The molecule has 0 atom stereocenters. The van der Waals surface area contributed by atoms with E-state index >= 15 is 0 Å². The Bertz CT molecular complexity index is 48.3. The third-order valence-corrected chi connectivity index (χ3v) is 0. The van der Waals surface area contributed by atoms with Crippen LogP contribution in [0.1, 0.15) is 0 Å². The van der Waals surface area contributed by atoms with Gasteiger partial charge in [-0.3, -0.25) is 0 Å².